The number of benzene rings is 2. The number of piperazine rings is 1. The standard InChI is InChI=1S/C27H28F6N4O2S/c1-17-2-4-19(15-21(17)27(31,32)33)35-8-6-20(7-9-35)39-16-24(38)36-10-12-37(13-11-36)25-34-22-14-18(26(28,29)30)3-5-23(22)40-25/h2-5,14-15,20H,6-13,16H2,1H3. The van der Waals surface area contributed by atoms with Crippen LogP contribution in [0, 0.1) is 6.92 Å². The molecule has 0 bridgehead atoms. The average Bonchev–Trinajstić information content (AvgIpc) is 3.35. The molecule has 0 radical (unpaired) electrons. The maximum absolute atomic E-state index is 13.3. The molecular weight excluding hydrogens is 558 g/mol. The maximum Gasteiger partial charge on any atom is 0.416 e. The van der Waals surface area contributed by atoms with Crippen molar-refractivity contribution in [3.8, 4) is 0 Å². The Bertz CT molecular complexity index is 1360. The molecule has 0 saturated carbocycles. The molecule has 40 heavy (non-hydrogen) atoms. The Morgan fingerprint density at radius 3 is 2.27 bits per heavy atom. The van der Waals surface area contributed by atoms with E-state index in [1.807, 2.05) is 9.80 Å². The zero-order valence-electron chi connectivity index (χ0n) is 21.7. The Hall–Kier alpha value is -3.06. The van der Waals surface area contributed by atoms with E-state index in [1.54, 1.807) is 11.0 Å². The summed E-state index contributed by atoms with van der Waals surface area (Å²) in [6.45, 7) is 4.34. The van der Waals surface area contributed by atoms with Gasteiger partial charge in [0.2, 0.25) is 5.91 Å². The first-order chi connectivity index (χ1) is 18.9. The Kier molecular flexibility index (Phi) is 7.88. The van der Waals surface area contributed by atoms with Gasteiger partial charge >= 0.3 is 12.4 Å². The second kappa shape index (κ2) is 11.1. The van der Waals surface area contributed by atoms with Crippen LogP contribution in [-0.4, -0.2) is 67.8 Å². The number of hydrogen-bond acceptors (Lipinski definition) is 6. The summed E-state index contributed by atoms with van der Waals surface area (Å²) in [5.74, 6) is -0.144. The molecule has 0 spiro atoms. The third-order valence-electron chi connectivity index (χ3n) is 7.38. The maximum atomic E-state index is 13.3. The lowest BCUT2D eigenvalue weighted by Gasteiger charge is -2.36. The number of nitrogens with zero attached hydrogens (tertiary/aromatic N) is 4. The van der Waals surface area contributed by atoms with Gasteiger partial charge in [-0.15, -0.1) is 0 Å². The van der Waals surface area contributed by atoms with Crippen LogP contribution >= 0.6 is 11.3 Å². The smallest absolute Gasteiger partial charge is 0.371 e. The molecule has 0 aliphatic carbocycles. The molecule has 6 nitrogen and oxygen atoms in total. The highest BCUT2D eigenvalue weighted by atomic mass is 32.1. The van der Waals surface area contributed by atoms with Crippen molar-refractivity contribution < 1.29 is 35.9 Å². The molecule has 13 heteroatoms. The van der Waals surface area contributed by atoms with Crippen LogP contribution < -0.4 is 9.80 Å². The van der Waals surface area contributed by atoms with Gasteiger partial charge in [0.25, 0.3) is 0 Å². The highest BCUT2D eigenvalue weighted by Crippen LogP contribution is 2.36. The largest absolute Gasteiger partial charge is 0.416 e. The number of aromatic nitrogens is 1. The minimum atomic E-state index is -4.43. The first-order valence-corrected chi connectivity index (χ1v) is 13.7. The van der Waals surface area contributed by atoms with Gasteiger partial charge in [-0.3, -0.25) is 4.79 Å². The summed E-state index contributed by atoms with van der Waals surface area (Å²) >= 11 is 1.32. The third kappa shape index (κ3) is 6.30. The molecule has 3 aromatic rings. The summed E-state index contributed by atoms with van der Waals surface area (Å²) in [7, 11) is 0. The van der Waals surface area contributed by atoms with Gasteiger partial charge in [0.15, 0.2) is 5.13 Å². The van der Waals surface area contributed by atoms with Crippen LogP contribution in [0.1, 0.15) is 29.5 Å². The van der Waals surface area contributed by atoms with E-state index in [-0.39, 0.29) is 24.2 Å². The van der Waals surface area contributed by atoms with Crippen molar-refractivity contribution in [2.24, 2.45) is 0 Å². The lowest BCUT2D eigenvalue weighted by atomic mass is 10.0. The molecule has 0 atom stereocenters. The van der Waals surface area contributed by atoms with Crippen molar-refractivity contribution in [3.05, 3.63) is 53.1 Å². The monoisotopic (exact) mass is 586 g/mol. The number of halogens is 6. The molecule has 0 N–H and O–H groups in total. The Morgan fingerprint density at radius 2 is 1.62 bits per heavy atom. The van der Waals surface area contributed by atoms with Crippen LogP contribution in [0.5, 0.6) is 0 Å². The summed E-state index contributed by atoms with van der Waals surface area (Å²) in [5.41, 5.74) is -0.347. The number of thiazole rings is 1. The summed E-state index contributed by atoms with van der Waals surface area (Å²) in [6, 6.07) is 7.91. The number of piperidine rings is 1. The van der Waals surface area contributed by atoms with Gasteiger partial charge in [0.1, 0.15) is 6.61 Å². The Balaban J connectivity index is 1.08. The van der Waals surface area contributed by atoms with E-state index in [0.717, 1.165) is 12.1 Å². The van der Waals surface area contributed by atoms with Gasteiger partial charge in [0, 0.05) is 45.0 Å². The second-order valence-corrected chi connectivity index (χ2v) is 11.0. The quantitative estimate of drug-likeness (QED) is 0.345. The van der Waals surface area contributed by atoms with Crippen LogP contribution in [0.25, 0.3) is 10.2 Å². The SMILES string of the molecule is Cc1ccc(N2CCC(OCC(=O)N3CCN(c4nc5cc(C(F)(F)F)ccc5s4)CC3)CC2)cc1C(F)(F)F. The zero-order chi connectivity index (χ0) is 28.7. The van der Waals surface area contributed by atoms with Crippen LogP contribution in [0.2, 0.25) is 0 Å². The van der Waals surface area contributed by atoms with Crippen molar-refractivity contribution in [1.82, 2.24) is 9.88 Å². The summed E-state index contributed by atoms with van der Waals surface area (Å²) < 4.78 is 85.4. The second-order valence-electron chi connectivity index (χ2n) is 10.0. The van der Waals surface area contributed by atoms with E-state index in [1.165, 1.54) is 36.5 Å². The first-order valence-electron chi connectivity index (χ1n) is 12.9. The molecule has 1 amide bonds. The average molecular weight is 587 g/mol. The number of rotatable bonds is 5. The first kappa shape index (κ1) is 28.5. The highest BCUT2D eigenvalue weighted by Gasteiger charge is 2.34. The highest BCUT2D eigenvalue weighted by molar-refractivity contribution is 7.22. The van der Waals surface area contributed by atoms with E-state index >= 15 is 0 Å². The van der Waals surface area contributed by atoms with Crippen molar-refractivity contribution in [2.45, 2.75) is 38.2 Å². The lowest BCUT2D eigenvalue weighted by Crippen LogP contribution is -2.50. The van der Waals surface area contributed by atoms with Crippen molar-refractivity contribution >= 4 is 38.3 Å². The van der Waals surface area contributed by atoms with Crippen molar-refractivity contribution in [3.63, 3.8) is 0 Å². The molecule has 2 aliphatic heterocycles. The predicted molar refractivity (Wildman–Crippen MR) is 141 cm³/mol. The van der Waals surface area contributed by atoms with E-state index in [2.05, 4.69) is 4.98 Å². The number of aryl methyl sites for hydroxylation is 1. The number of hydrogen-bond donors (Lipinski definition) is 0. The summed E-state index contributed by atoms with van der Waals surface area (Å²) in [6.07, 6.45) is -7.78. The van der Waals surface area contributed by atoms with Gasteiger partial charge < -0.3 is 19.4 Å². The molecule has 216 valence electrons. The summed E-state index contributed by atoms with van der Waals surface area (Å²) in [4.78, 5) is 22.7. The van der Waals surface area contributed by atoms with Crippen molar-refractivity contribution in [2.75, 3.05) is 55.7 Å². The number of amides is 1. The number of carbonyl (C=O) groups is 1. The van der Waals surface area contributed by atoms with Crippen molar-refractivity contribution in [1.29, 1.82) is 0 Å². The van der Waals surface area contributed by atoms with Crippen LogP contribution in [0.4, 0.5) is 37.2 Å². The third-order valence-corrected chi connectivity index (χ3v) is 8.48. The summed E-state index contributed by atoms with van der Waals surface area (Å²) in [5, 5.41) is 0.625. The van der Waals surface area contributed by atoms with Gasteiger partial charge in [-0.2, -0.15) is 26.3 Å². The molecular formula is C27H28F6N4O2S. The van der Waals surface area contributed by atoms with Gasteiger partial charge in [-0.05, 0) is 55.7 Å². The fourth-order valence-corrected chi connectivity index (χ4v) is 6.04. The van der Waals surface area contributed by atoms with E-state index < -0.39 is 23.5 Å². The van der Waals surface area contributed by atoms with Gasteiger partial charge in [0.05, 0.1) is 27.4 Å². The van der Waals surface area contributed by atoms with E-state index in [9.17, 15) is 31.1 Å². The minimum Gasteiger partial charge on any atom is -0.371 e. The number of anilines is 2. The number of alkyl halides is 6. The molecule has 3 heterocycles. The van der Waals surface area contributed by atoms with E-state index in [0.29, 0.717) is 73.1 Å². The van der Waals surface area contributed by atoms with Gasteiger partial charge in [-0.1, -0.05) is 17.4 Å². The van der Waals surface area contributed by atoms with Crippen LogP contribution in [0.3, 0.4) is 0 Å². The Labute approximate surface area is 231 Å². The Morgan fingerprint density at radius 1 is 0.925 bits per heavy atom. The minimum absolute atomic E-state index is 0.0746. The molecule has 2 aromatic carbocycles. The van der Waals surface area contributed by atoms with E-state index in [4.69, 9.17) is 4.74 Å². The molecule has 0 unspecified atom stereocenters. The predicted octanol–water partition coefficient (Wildman–Crippen LogP) is 5.98. The van der Waals surface area contributed by atoms with Gasteiger partial charge in [-0.25, -0.2) is 4.98 Å². The number of fused-ring (bicyclic) bond motifs is 1. The fourth-order valence-electron chi connectivity index (χ4n) is 5.05. The molecule has 2 saturated heterocycles. The molecule has 5 rings (SSSR count). The lowest BCUT2D eigenvalue weighted by molar-refractivity contribution is -0.139. The molecule has 1 aromatic heterocycles. The number of carbonyl (C=O) groups excluding carboxylic acids is 1. The topological polar surface area (TPSA) is 48.9 Å². The normalized spacial score (nSPS) is 17.6. The number of ether oxygens (including phenoxy) is 1. The van der Waals surface area contributed by atoms with Crippen LogP contribution in [0.15, 0.2) is 36.4 Å². The zero-order valence-corrected chi connectivity index (χ0v) is 22.5. The molecule has 2 fully saturated rings. The molecule has 2 aliphatic rings. The fraction of sp³-hybridized carbons (Fsp3) is 0.481. The van der Waals surface area contributed by atoms with Crippen LogP contribution in [-0.2, 0) is 21.9 Å².